The van der Waals surface area contributed by atoms with Gasteiger partial charge in [0, 0.05) is 6.54 Å². The van der Waals surface area contributed by atoms with Crippen molar-refractivity contribution in [2.24, 2.45) is 0 Å². The highest BCUT2D eigenvalue weighted by molar-refractivity contribution is 5.89. The molecule has 1 N–H and O–H groups in total. The van der Waals surface area contributed by atoms with E-state index in [2.05, 4.69) is 0 Å². The lowest BCUT2D eigenvalue weighted by Gasteiger charge is -2.08. The van der Waals surface area contributed by atoms with Crippen molar-refractivity contribution in [1.82, 2.24) is 4.90 Å². The number of hydrogen-bond acceptors (Lipinski definition) is 2. The molecule has 4 heteroatoms. The molecule has 0 atom stereocenters. The van der Waals surface area contributed by atoms with Crippen LogP contribution in [-0.2, 0) is 9.59 Å². The lowest BCUT2D eigenvalue weighted by atomic mass is 10.4. The predicted molar refractivity (Wildman–Crippen MR) is 33.1 cm³/mol. The first-order chi connectivity index (χ1) is 4.75. The van der Waals surface area contributed by atoms with Gasteiger partial charge in [0.1, 0.15) is 5.70 Å². The van der Waals surface area contributed by atoms with Gasteiger partial charge in [0.15, 0.2) is 0 Å². The van der Waals surface area contributed by atoms with Crippen LogP contribution in [0.3, 0.4) is 0 Å². The smallest absolute Gasteiger partial charge is 0.352 e. The van der Waals surface area contributed by atoms with Crippen molar-refractivity contribution in [3.05, 3.63) is 11.8 Å². The van der Waals surface area contributed by atoms with Crippen LogP contribution in [0.1, 0.15) is 6.42 Å². The first-order valence-corrected chi connectivity index (χ1v) is 2.91. The lowest BCUT2D eigenvalue weighted by Crippen LogP contribution is -2.22. The number of carboxylic acid groups (broad SMARTS) is 1. The summed E-state index contributed by atoms with van der Waals surface area (Å²) >= 11 is 0. The Morgan fingerprint density at radius 2 is 2.50 bits per heavy atom. The molecule has 1 heterocycles. The van der Waals surface area contributed by atoms with Crippen LogP contribution in [0.2, 0.25) is 0 Å². The highest BCUT2D eigenvalue weighted by Gasteiger charge is 2.19. The van der Waals surface area contributed by atoms with E-state index in [0.29, 0.717) is 19.4 Å². The van der Waals surface area contributed by atoms with Crippen molar-refractivity contribution < 1.29 is 14.7 Å². The van der Waals surface area contributed by atoms with Gasteiger partial charge in [-0.2, -0.15) is 0 Å². The van der Waals surface area contributed by atoms with Crippen LogP contribution >= 0.6 is 0 Å². The van der Waals surface area contributed by atoms with Gasteiger partial charge in [-0.25, -0.2) is 4.79 Å². The topological polar surface area (TPSA) is 57.6 Å². The zero-order valence-corrected chi connectivity index (χ0v) is 5.28. The molecule has 10 heavy (non-hydrogen) atoms. The summed E-state index contributed by atoms with van der Waals surface area (Å²) in [5.74, 6) is -1.04. The first-order valence-electron chi connectivity index (χ1n) is 2.91. The predicted octanol–water partition coefficient (Wildman–Crippen LogP) is -0.183. The molecule has 1 amide bonds. The van der Waals surface area contributed by atoms with Gasteiger partial charge < -0.3 is 10.0 Å². The highest BCUT2D eigenvalue weighted by atomic mass is 16.4. The minimum absolute atomic E-state index is 0.0926. The zero-order valence-electron chi connectivity index (χ0n) is 5.28. The molecule has 0 aromatic carbocycles. The summed E-state index contributed by atoms with van der Waals surface area (Å²) in [4.78, 5) is 21.6. The number of carbonyl (C=O) groups excluding carboxylic acids is 1. The summed E-state index contributed by atoms with van der Waals surface area (Å²) in [6.45, 7) is 0.491. The second-order valence-corrected chi connectivity index (χ2v) is 1.98. The third-order valence-corrected chi connectivity index (χ3v) is 1.36. The lowest BCUT2D eigenvalue weighted by molar-refractivity contribution is -0.136. The van der Waals surface area contributed by atoms with E-state index in [4.69, 9.17) is 5.11 Å². The number of rotatable bonds is 2. The summed E-state index contributed by atoms with van der Waals surface area (Å²) in [6.07, 6.45) is 2.71. The van der Waals surface area contributed by atoms with Crippen molar-refractivity contribution in [2.45, 2.75) is 6.42 Å². The maximum atomic E-state index is 10.3. The van der Waals surface area contributed by atoms with E-state index >= 15 is 0 Å². The van der Waals surface area contributed by atoms with Crippen molar-refractivity contribution in [2.75, 3.05) is 6.54 Å². The van der Waals surface area contributed by atoms with Crippen LogP contribution in [0.15, 0.2) is 11.8 Å². The molecule has 0 aromatic heterocycles. The Balaban J connectivity index is 2.74. The summed E-state index contributed by atoms with van der Waals surface area (Å²) in [6, 6.07) is 0. The summed E-state index contributed by atoms with van der Waals surface area (Å²) < 4.78 is 0. The van der Waals surface area contributed by atoms with Crippen molar-refractivity contribution in [3.63, 3.8) is 0 Å². The average Bonchev–Trinajstić information content (AvgIpc) is 2.33. The molecule has 0 saturated heterocycles. The number of nitrogens with zero attached hydrogens (tertiary/aromatic N) is 1. The van der Waals surface area contributed by atoms with Gasteiger partial charge in [-0.15, -0.1) is 0 Å². The monoisotopic (exact) mass is 141 g/mol. The summed E-state index contributed by atoms with van der Waals surface area (Å²) in [5, 5.41) is 8.45. The van der Waals surface area contributed by atoms with Gasteiger partial charge in [0.2, 0.25) is 6.41 Å². The van der Waals surface area contributed by atoms with Crippen molar-refractivity contribution in [1.29, 1.82) is 0 Å². The minimum atomic E-state index is -1.04. The van der Waals surface area contributed by atoms with Crippen molar-refractivity contribution in [3.8, 4) is 0 Å². The molecule has 0 bridgehead atoms. The van der Waals surface area contributed by atoms with Crippen LogP contribution in [-0.4, -0.2) is 28.9 Å². The number of carboxylic acids is 1. The minimum Gasteiger partial charge on any atom is -0.477 e. The summed E-state index contributed by atoms with van der Waals surface area (Å²) in [5.41, 5.74) is 0.0926. The summed E-state index contributed by atoms with van der Waals surface area (Å²) in [7, 11) is 0. The van der Waals surface area contributed by atoms with Crippen LogP contribution in [0.25, 0.3) is 0 Å². The van der Waals surface area contributed by atoms with E-state index in [1.807, 2.05) is 0 Å². The van der Waals surface area contributed by atoms with Gasteiger partial charge in [0.05, 0.1) is 0 Å². The molecule has 0 radical (unpaired) electrons. The second kappa shape index (κ2) is 2.51. The fourth-order valence-corrected chi connectivity index (χ4v) is 0.898. The van der Waals surface area contributed by atoms with Crippen LogP contribution in [0, 0.1) is 0 Å². The van der Waals surface area contributed by atoms with Gasteiger partial charge in [-0.05, 0) is 6.42 Å². The van der Waals surface area contributed by atoms with E-state index in [1.165, 1.54) is 11.0 Å². The molecule has 0 fully saturated rings. The highest BCUT2D eigenvalue weighted by Crippen LogP contribution is 2.11. The van der Waals surface area contributed by atoms with E-state index in [0.717, 1.165) is 0 Å². The second-order valence-electron chi connectivity index (χ2n) is 1.98. The molecule has 1 aliphatic heterocycles. The first kappa shape index (κ1) is 6.80. The Kier molecular flexibility index (Phi) is 1.71. The van der Waals surface area contributed by atoms with Gasteiger partial charge in [0.25, 0.3) is 0 Å². The Hall–Kier alpha value is -1.32. The quantitative estimate of drug-likeness (QED) is 0.542. The molecule has 1 aliphatic rings. The molecule has 54 valence electrons. The number of carbonyl (C=O) groups is 2. The molecule has 4 nitrogen and oxygen atoms in total. The van der Waals surface area contributed by atoms with Crippen LogP contribution in [0.5, 0.6) is 0 Å². The van der Waals surface area contributed by atoms with Gasteiger partial charge >= 0.3 is 5.97 Å². The Labute approximate surface area is 57.7 Å². The Bertz CT molecular complexity index is 197. The largest absolute Gasteiger partial charge is 0.477 e. The maximum Gasteiger partial charge on any atom is 0.352 e. The maximum absolute atomic E-state index is 10.3. The number of amides is 1. The SMILES string of the molecule is O=CN1CCC=C1C(=O)O. The van der Waals surface area contributed by atoms with Crippen LogP contribution in [0.4, 0.5) is 0 Å². The van der Waals surface area contributed by atoms with Gasteiger partial charge in [-0.3, -0.25) is 4.79 Å². The fraction of sp³-hybridized carbons (Fsp3) is 0.333. The Morgan fingerprint density at radius 3 is 2.90 bits per heavy atom. The molecule has 0 unspecified atom stereocenters. The van der Waals surface area contributed by atoms with Crippen LogP contribution < -0.4 is 0 Å². The standard InChI is InChI=1S/C6H7NO3/c8-4-7-3-1-2-5(7)6(9)10/h2,4H,1,3H2,(H,9,10). The van der Waals surface area contributed by atoms with E-state index < -0.39 is 5.97 Å². The average molecular weight is 141 g/mol. The van der Waals surface area contributed by atoms with E-state index in [9.17, 15) is 9.59 Å². The molecule has 0 aromatic rings. The molecule has 0 aliphatic carbocycles. The van der Waals surface area contributed by atoms with Gasteiger partial charge in [-0.1, -0.05) is 6.08 Å². The molecule has 0 saturated carbocycles. The molecule has 0 spiro atoms. The molecular weight excluding hydrogens is 134 g/mol. The molecular formula is C6H7NO3. The van der Waals surface area contributed by atoms with E-state index in [1.54, 1.807) is 0 Å². The molecule has 1 rings (SSSR count). The Morgan fingerprint density at radius 1 is 1.80 bits per heavy atom. The number of hydrogen-bond donors (Lipinski definition) is 1. The third kappa shape index (κ3) is 1.00. The van der Waals surface area contributed by atoms with E-state index in [-0.39, 0.29) is 5.70 Å². The van der Waals surface area contributed by atoms with Crippen molar-refractivity contribution >= 4 is 12.4 Å². The normalized spacial score (nSPS) is 16.8. The third-order valence-electron chi connectivity index (χ3n) is 1.36. The zero-order chi connectivity index (χ0) is 7.56. The number of aliphatic carboxylic acids is 1. The fourth-order valence-electron chi connectivity index (χ4n) is 0.898.